The number of esters is 1. The number of ether oxygens (including phenoxy) is 1. The molecule has 0 rings (SSSR count). The van der Waals surface area contributed by atoms with Gasteiger partial charge in [-0.1, -0.05) is 6.92 Å². The van der Waals surface area contributed by atoms with Crippen LogP contribution in [0.25, 0.3) is 0 Å². The van der Waals surface area contributed by atoms with Crippen LogP contribution in [0.2, 0.25) is 0 Å². The van der Waals surface area contributed by atoms with E-state index in [0.29, 0.717) is 0 Å². The average Bonchev–Trinajstić information content (AvgIpc) is 2.04. The van der Waals surface area contributed by atoms with Crippen molar-refractivity contribution in [3.8, 4) is 0 Å². The monoisotopic (exact) mass is 216 g/mol. The molecule has 0 aliphatic rings. The second kappa shape index (κ2) is 3.99. The lowest BCUT2D eigenvalue weighted by atomic mass is 10.7. The average molecular weight is 216 g/mol. The van der Waals surface area contributed by atoms with E-state index >= 15 is 0 Å². The van der Waals surface area contributed by atoms with Gasteiger partial charge in [0.2, 0.25) is 9.84 Å². The minimum atomic E-state index is -4.73. The number of carbonyl (C=O) groups excluding carboxylic acids is 1. The van der Waals surface area contributed by atoms with Crippen LogP contribution in [0, 0.1) is 0 Å². The predicted octanol–water partition coefficient (Wildman–Crippen LogP) is 0.577. The molecule has 0 radical (unpaired) electrons. The van der Waals surface area contributed by atoms with Gasteiger partial charge in [0.1, 0.15) is 0 Å². The number of rotatable bonds is 4. The first kappa shape index (κ1) is 12.3. The number of alkyl halides is 2. The third kappa shape index (κ3) is 2.36. The highest BCUT2D eigenvalue weighted by Crippen LogP contribution is 2.23. The number of hydrogen-bond acceptors (Lipinski definition) is 4. The van der Waals surface area contributed by atoms with E-state index in [9.17, 15) is 22.0 Å². The molecular weight excluding hydrogens is 206 g/mol. The number of carbonyl (C=O) groups is 1. The summed E-state index contributed by atoms with van der Waals surface area (Å²) in [5.74, 6) is -2.82. The normalized spacial score (nSPS) is 12.6. The molecule has 0 N–H and O–H groups in total. The molecule has 0 amide bonds. The van der Waals surface area contributed by atoms with Gasteiger partial charge in [-0.05, 0) is 6.92 Å². The van der Waals surface area contributed by atoms with Gasteiger partial charge >= 0.3 is 11.2 Å². The van der Waals surface area contributed by atoms with Gasteiger partial charge < -0.3 is 4.74 Å². The molecule has 0 heterocycles. The number of halogens is 2. The summed E-state index contributed by atoms with van der Waals surface area (Å²) >= 11 is 0. The Morgan fingerprint density at radius 2 is 1.85 bits per heavy atom. The number of hydrogen-bond donors (Lipinski definition) is 0. The second-order valence-electron chi connectivity index (χ2n) is 2.14. The molecular formula is C6H10F2O4S. The molecule has 0 fully saturated rings. The summed E-state index contributed by atoms with van der Waals surface area (Å²) in [5, 5.41) is -4.43. The summed E-state index contributed by atoms with van der Waals surface area (Å²) in [5.41, 5.74) is 0. The van der Waals surface area contributed by atoms with E-state index in [4.69, 9.17) is 0 Å². The fourth-order valence-corrected chi connectivity index (χ4v) is 1.20. The molecule has 0 aromatic heterocycles. The number of sulfone groups is 1. The van der Waals surface area contributed by atoms with Gasteiger partial charge in [-0.15, -0.1) is 0 Å². The van der Waals surface area contributed by atoms with E-state index in [2.05, 4.69) is 4.74 Å². The zero-order chi connectivity index (χ0) is 10.7. The highest BCUT2D eigenvalue weighted by Gasteiger charge is 2.52. The molecule has 0 saturated carbocycles. The summed E-state index contributed by atoms with van der Waals surface area (Å²) in [7, 11) is -4.73. The van der Waals surface area contributed by atoms with Gasteiger partial charge in [-0.25, -0.2) is 13.2 Å². The first-order chi connectivity index (χ1) is 5.79. The van der Waals surface area contributed by atoms with E-state index < -0.39 is 26.8 Å². The molecule has 0 aliphatic carbocycles. The SMILES string of the molecule is CCOC(=O)C(F)(F)S(=O)(=O)CC. The fraction of sp³-hybridized carbons (Fsp3) is 0.833. The van der Waals surface area contributed by atoms with Crippen molar-refractivity contribution in [3.63, 3.8) is 0 Å². The fourth-order valence-electron chi connectivity index (χ4n) is 0.523. The van der Waals surface area contributed by atoms with Gasteiger partial charge in [0, 0.05) is 0 Å². The molecule has 0 bridgehead atoms. The molecule has 0 atom stereocenters. The third-order valence-corrected chi connectivity index (χ3v) is 2.99. The molecule has 78 valence electrons. The van der Waals surface area contributed by atoms with Crippen LogP contribution in [0.5, 0.6) is 0 Å². The topological polar surface area (TPSA) is 60.4 Å². The van der Waals surface area contributed by atoms with Crippen LogP contribution in [0.3, 0.4) is 0 Å². The maximum atomic E-state index is 12.7. The van der Waals surface area contributed by atoms with Gasteiger partial charge in [0.25, 0.3) is 0 Å². The highest BCUT2D eigenvalue weighted by atomic mass is 32.2. The van der Waals surface area contributed by atoms with Crippen molar-refractivity contribution in [3.05, 3.63) is 0 Å². The molecule has 4 nitrogen and oxygen atoms in total. The van der Waals surface area contributed by atoms with Gasteiger partial charge in [0.05, 0.1) is 12.4 Å². The molecule has 13 heavy (non-hydrogen) atoms. The Morgan fingerprint density at radius 1 is 1.38 bits per heavy atom. The van der Waals surface area contributed by atoms with Gasteiger partial charge in [-0.2, -0.15) is 8.78 Å². The van der Waals surface area contributed by atoms with Crippen molar-refractivity contribution in [1.82, 2.24) is 0 Å². The molecule has 0 aromatic rings. The Kier molecular flexibility index (Phi) is 3.77. The van der Waals surface area contributed by atoms with Crippen LogP contribution in [0.4, 0.5) is 8.78 Å². The largest absolute Gasteiger partial charge is 0.461 e. The zero-order valence-electron chi connectivity index (χ0n) is 7.21. The summed E-state index contributed by atoms with van der Waals surface area (Å²) in [6.45, 7) is 2.06. The second-order valence-corrected chi connectivity index (χ2v) is 4.46. The van der Waals surface area contributed by atoms with E-state index in [1.165, 1.54) is 6.92 Å². The lowest BCUT2D eigenvalue weighted by Crippen LogP contribution is -2.40. The first-order valence-corrected chi connectivity index (χ1v) is 5.22. The molecule has 0 unspecified atom stereocenters. The summed E-state index contributed by atoms with van der Waals surface area (Å²) in [6.07, 6.45) is 0. The van der Waals surface area contributed by atoms with Crippen LogP contribution in [-0.4, -0.2) is 32.0 Å². The van der Waals surface area contributed by atoms with Crippen molar-refractivity contribution in [1.29, 1.82) is 0 Å². The Hall–Kier alpha value is -0.720. The Morgan fingerprint density at radius 3 is 2.15 bits per heavy atom. The lowest BCUT2D eigenvalue weighted by molar-refractivity contribution is -0.160. The van der Waals surface area contributed by atoms with E-state index in [0.717, 1.165) is 6.92 Å². The van der Waals surface area contributed by atoms with Crippen LogP contribution in [-0.2, 0) is 19.4 Å². The minimum Gasteiger partial charge on any atom is -0.461 e. The summed E-state index contributed by atoms with van der Waals surface area (Å²) < 4.78 is 50.7. The summed E-state index contributed by atoms with van der Waals surface area (Å²) in [4.78, 5) is 10.5. The quantitative estimate of drug-likeness (QED) is 0.645. The van der Waals surface area contributed by atoms with Crippen molar-refractivity contribution >= 4 is 15.8 Å². The Balaban J connectivity index is 4.86. The van der Waals surface area contributed by atoms with Crippen LogP contribution in [0.1, 0.15) is 13.8 Å². The standard InChI is InChI=1S/C6H10F2O4S/c1-3-12-5(9)6(7,8)13(10,11)4-2/h3-4H2,1-2H3. The van der Waals surface area contributed by atoms with Crippen molar-refractivity contribution < 1.29 is 26.7 Å². The molecule has 0 saturated heterocycles. The Labute approximate surface area is 74.8 Å². The maximum absolute atomic E-state index is 12.7. The third-order valence-electron chi connectivity index (χ3n) is 1.28. The predicted molar refractivity (Wildman–Crippen MR) is 41.0 cm³/mol. The van der Waals surface area contributed by atoms with Crippen LogP contribution >= 0.6 is 0 Å². The van der Waals surface area contributed by atoms with Crippen LogP contribution in [0.15, 0.2) is 0 Å². The molecule has 0 aromatic carbocycles. The van der Waals surface area contributed by atoms with Gasteiger partial charge in [-0.3, -0.25) is 0 Å². The van der Waals surface area contributed by atoms with Crippen molar-refractivity contribution in [2.75, 3.05) is 12.4 Å². The smallest absolute Gasteiger partial charge is 0.439 e. The summed E-state index contributed by atoms with van der Waals surface area (Å²) in [6, 6.07) is 0. The zero-order valence-corrected chi connectivity index (χ0v) is 8.03. The first-order valence-electron chi connectivity index (χ1n) is 3.57. The minimum absolute atomic E-state index is 0.284. The maximum Gasteiger partial charge on any atom is 0.439 e. The highest BCUT2D eigenvalue weighted by molar-refractivity contribution is 7.93. The molecule has 0 spiro atoms. The van der Waals surface area contributed by atoms with Crippen molar-refractivity contribution in [2.24, 2.45) is 0 Å². The van der Waals surface area contributed by atoms with Crippen LogP contribution < -0.4 is 0 Å². The molecule has 0 aliphatic heterocycles. The lowest BCUT2D eigenvalue weighted by Gasteiger charge is -2.13. The van der Waals surface area contributed by atoms with E-state index in [-0.39, 0.29) is 6.61 Å². The van der Waals surface area contributed by atoms with Gasteiger partial charge in [0.15, 0.2) is 0 Å². The van der Waals surface area contributed by atoms with Crippen molar-refractivity contribution in [2.45, 2.75) is 19.1 Å². The Bertz CT molecular complexity index is 283. The van der Waals surface area contributed by atoms with E-state index in [1.807, 2.05) is 0 Å². The molecule has 7 heteroatoms. The van der Waals surface area contributed by atoms with E-state index in [1.54, 1.807) is 0 Å².